The standard InChI is InChI=1S/C19H20N4O6/c1-13-17(10-16(22(25)26)11-18(13)23(27)28)19(24)20-15-4-2-14(3-5-15)12-21-6-8-29-9-7-21/h2-5,10-11H,6-9,12H2,1H3,(H,20,24). The number of ether oxygens (including phenoxy) is 1. The van der Waals surface area contributed by atoms with Gasteiger partial charge in [0.2, 0.25) is 0 Å². The van der Waals surface area contributed by atoms with Crippen LogP contribution in [0.4, 0.5) is 17.1 Å². The SMILES string of the molecule is Cc1c(C(=O)Nc2ccc(CN3CCOCC3)cc2)cc([N+](=O)[O-])cc1[N+](=O)[O-]. The zero-order chi connectivity index (χ0) is 21.0. The Morgan fingerprint density at radius 2 is 1.76 bits per heavy atom. The molecule has 0 aliphatic carbocycles. The van der Waals surface area contributed by atoms with Gasteiger partial charge in [-0.1, -0.05) is 12.1 Å². The second-order valence-corrected chi connectivity index (χ2v) is 6.69. The van der Waals surface area contributed by atoms with Crippen LogP contribution in [0, 0.1) is 27.2 Å². The van der Waals surface area contributed by atoms with E-state index in [0.29, 0.717) is 18.9 Å². The number of amides is 1. The van der Waals surface area contributed by atoms with E-state index in [1.54, 1.807) is 12.1 Å². The number of nitro benzene ring substituents is 2. The Kier molecular flexibility index (Phi) is 6.15. The van der Waals surface area contributed by atoms with Crippen LogP contribution in [0.25, 0.3) is 0 Å². The lowest BCUT2D eigenvalue weighted by molar-refractivity contribution is -0.394. The summed E-state index contributed by atoms with van der Waals surface area (Å²) in [7, 11) is 0. The average molecular weight is 400 g/mol. The van der Waals surface area contributed by atoms with Crippen molar-refractivity contribution in [3.63, 3.8) is 0 Å². The zero-order valence-corrected chi connectivity index (χ0v) is 15.8. The number of carbonyl (C=O) groups is 1. The van der Waals surface area contributed by atoms with E-state index in [0.717, 1.165) is 37.3 Å². The molecule has 0 unspecified atom stereocenters. The third-order valence-corrected chi connectivity index (χ3v) is 4.74. The van der Waals surface area contributed by atoms with E-state index < -0.39 is 27.1 Å². The second-order valence-electron chi connectivity index (χ2n) is 6.69. The van der Waals surface area contributed by atoms with Gasteiger partial charge in [0.1, 0.15) is 0 Å². The number of rotatable bonds is 6. The molecule has 0 aromatic heterocycles. The zero-order valence-electron chi connectivity index (χ0n) is 15.8. The number of hydrogen-bond donors (Lipinski definition) is 1. The van der Waals surface area contributed by atoms with E-state index in [2.05, 4.69) is 10.2 Å². The van der Waals surface area contributed by atoms with Crippen molar-refractivity contribution in [1.29, 1.82) is 0 Å². The first-order valence-corrected chi connectivity index (χ1v) is 8.99. The van der Waals surface area contributed by atoms with E-state index in [1.165, 1.54) is 6.92 Å². The van der Waals surface area contributed by atoms with Gasteiger partial charge in [-0.05, 0) is 24.6 Å². The maximum absolute atomic E-state index is 12.6. The summed E-state index contributed by atoms with van der Waals surface area (Å²) in [5, 5.41) is 24.9. The Labute approximate surface area is 166 Å². The summed E-state index contributed by atoms with van der Waals surface area (Å²) in [4.78, 5) is 35.6. The molecule has 0 spiro atoms. The highest BCUT2D eigenvalue weighted by Gasteiger charge is 2.24. The van der Waals surface area contributed by atoms with Crippen molar-refractivity contribution in [1.82, 2.24) is 4.90 Å². The molecule has 2 aromatic rings. The van der Waals surface area contributed by atoms with E-state index in [-0.39, 0.29) is 11.1 Å². The molecule has 1 saturated heterocycles. The predicted octanol–water partition coefficient (Wildman–Crippen LogP) is 2.90. The van der Waals surface area contributed by atoms with Gasteiger partial charge in [-0.3, -0.25) is 29.9 Å². The fourth-order valence-electron chi connectivity index (χ4n) is 3.12. The largest absolute Gasteiger partial charge is 0.379 e. The second kappa shape index (κ2) is 8.76. The van der Waals surface area contributed by atoms with Crippen LogP contribution in [0.5, 0.6) is 0 Å². The molecule has 2 aromatic carbocycles. The average Bonchev–Trinajstić information content (AvgIpc) is 2.70. The van der Waals surface area contributed by atoms with Gasteiger partial charge in [-0.15, -0.1) is 0 Å². The normalized spacial score (nSPS) is 14.4. The van der Waals surface area contributed by atoms with Gasteiger partial charge < -0.3 is 10.1 Å². The summed E-state index contributed by atoms with van der Waals surface area (Å²) in [6.07, 6.45) is 0. The Morgan fingerprint density at radius 1 is 1.10 bits per heavy atom. The summed E-state index contributed by atoms with van der Waals surface area (Å²) in [5.41, 5.74) is 0.560. The van der Waals surface area contributed by atoms with Crippen molar-refractivity contribution in [2.75, 3.05) is 31.6 Å². The van der Waals surface area contributed by atoms with Crippen LogP contribution >= 0.6 is 0 Å². The van der Waals surface area contributed by atoms with E-state index in [1.807, 2.05) is 12.1 Å². The van der Waals surface area contributed by atoms with Crippen molar-refractivity contribution in [3.8, 4) is 0 Å². The van der Waals surface area contributed by atoms with Crippen LogP contribution in [0.1, 0.15) is 21.5 Å². The number of nitrogens with one attached hydrogen (secondary N) is 1. The third kappa shape index (κ3) is 4.92. The maximum atomic E-state index is 12.6. The number of nitro groups is 2. The summed E-state index contributed by atoms with van der Waals surface area (Å²) in [6, 6.07) is 9.13. The van der Waals surface area contributed by atoms with Gasteiger partial charge in [0.05, 0.1) is 34.7 Å². The molecule has 1 N–H and O–H groups in total. The van der Waals surface area contributed by atoms with Crippen LogP contribution in [0.15, 0.2) is 36.4 Å². The fraction of sp³-hybridized carbons (Fsp3) is 0.316. The molecule has 10 heteroatoms. The van der Waals surface area contributed by atoms with Crippen LogP contribution < -0.4 is 5.32 Å². The molecule has 152 valence electrons. The number of anilines is 1. The number of non-ortho nitro benzene ring substituents is 1. The highest BCUT2D eigenvalue weighted by atomic mass is 16.6. The van der Waals surface area contributed by atoms with E-state index >= 15 is 0 Å². The van der Waals surface area contributed by atoms with Crippen molar-refractivity contribution in [2.24, 2.45) is 0 Å². The molecule has 1 aliphatic heterocycles. The Hall–Kier alpha value is -3.37. The summed E-state index contributed by atoms with van der Waals surface area (Å²) in [5.74, 6) is -0.643. The molecule has 3 rings (SSSR count). The van der Waals surface area contributed by atoms with Crippen molar-refractivity contribution in [2.45, 2.75) is 13.5 Å². The molecular formula is C19H20N4O6. The van der Waals surface area contributed by atoms with Crippen LogP contribution in [-0.4, -0.2) is 47.0 Å². The molecule has 0 radical (unpaired) electrons. The lowest BCUT2D eigenvalue weighted by Crippen LogP contribution is -2.35. The highest BCUT2D eigenvalue weighted by Crippen LogP contribution is 2.28. The Bertz CT molecular complexity index is 938. The van der Waals surface area contributed by atoms with Crippen molar-refractivity contribution >= 4 is 23.0 Å². The molecule has 1 amide bonds. The minimum atomic E-state index is -0.760. The van der Waals surface area contributed by atoms with Crippen LogP contribution in [-0.2, 0) is 11.3 Å². The summed E-state index contributed by atoms with van der Waals surface area (Å²) < 4.78 is 5.32. The minimum Gasteiger partial charge on any atom is -0.379 e. The third-order valence-electron chi connectivity index (χ3n) is 4.74. The number of nitrogens with zero attached hydrogens (tertiary/aromatic N) is 3. The molecule has 1 heterocycles. The van der Waals surface area contributed by atoms with Gasteiger partial charge in [0.25, 0.3) is 17.3 Å². The quantitative estimate of drug-likeness (QED) is 0.583. The maximum Gasteiger partial charge on any atom is 0.279 e. The minimum absolute atomic E-state index is 0.0713. The first kappa shape index (κ1) is 20.4. The number of morpholine rings is 1. The Balaban J connectivity index is 1.76. The highest BCUT2D eigenvalue weighted by molar-refractivity contribution is 6.06. The first-order valence-electron chi connectivity index (χ1n) is 8.99. The number of carbonyl (C=O) groups excluding carboxylic acids is 1. The molecule has 1 fully saturated rings. The first-order chi connectivity index (χ1) is 13.8. The molecule has 29 heavy (non-hydrogen) atoms. The Morgan fingerprint density at radius 3 is 2.34 bits per heavy atom. The molecular weight excluding hydrogens is 380 g/mol. The van der Waals surface area contributed by atoms with Gasteiger partial charge in [0, 0.05) is 37.0 Å². The van der Waals surface area contributed by atoms with Crippen molar-refractivity contribution in [3.05, 3.63) is 73.3 Å². The van der Waals surface area contributed by atoms with Gasteiger partial charge >= 0.3 is 0 Å². The monoisotopic (exact) mass is 400 g/mol. The van der Waals surface area contributed by atoms with Gasteiger partial charge in [0.15, 0.2) is 0 Å². The van der Waals surface area contributed by atoms with Crippen molar-refractivity contribution < 1.29 is 19.4 Å². The lowest BCUT2D eigenvalue weighted by atomic mass is 10.0. The molecule has 0 saturated carbocycles. The number of benzene rings is 2. The smallest absolute Gasteiger partial charge is 0.279 e. The molecule has 0 bridgehead atoms. The fourth-order valence-corrected chi connectivity index (χ4v) is 3.12. The van der Waals surface area contributed by atoms with Crippen LogP contribution in [0.3, 0.4) is 0 Å². The molecule has 10 nitrogen and oxygen atoms in total. The van der Waals surface area contributed by atoms with Gasteiger partial charge in [-0.2, -0.15) is 0 Å². The number of hydrogen-bond acceptors (Lipinski definition) is 7. The van der Waals surface area contributed by atoms with Gasteiger partial charge in [-0.25, -0.2) is 0 Å². The molecule has 1 aliphatic rings. The van der Waals surface area contributed by atoms with E-state index in [9.17, 15) is 25.0 Å². The van der Waals surface area contributed by atoms with E-state index in [4.69, 9.17) is 4.74 Å². The predicted molar refractivity (Wildman–Crippen MR) is 105 cm³/mol. The topological polar surface area (TPSA) is 128 Å². The summed E-state index contributed by atoms with van der Waals surface area (Å²) >= 11 is 0. The molecule has 0 atom stereocenters. The summed E-state index contributed by atoms with van der Waals surface area (Å²) in [6.45, 7) is 5.31. The van der Waals surface area contributed by atoms with Crippen LogP contribution in [0.2, 0.25) is 0 Å². The lowest BCUT2D eigenvalue weighted by Gasteiger charge is -2.26.